The molecule has 4 nitrogen and oxygen atoms in total. The van der Waals surface area contributed by atoms with Crippen LogP contribution in [-0.2, 0) is 11.2 Å². The van der Waals surface area contributed by atoms with Gasteiger partial charge in [0.1, 0.15) is 0 Å². The van der Waals surface area contributed by atoms with Gasteiger partial charge < -0.3 is 21.7 Å². The Bertz CT molecular complexity index is 1010. The summed E-state index contributed by atoms with van der Waals surface area (Å²) >= 11 is 10.7. The summed E-state index contributed by atoms with van der Waals surface area (Å²) < 4.78 is 150. The minimum Gasteiger partial charge on any atom is -0.399 e. The van der Waals surface area contributed by atoms with Gasteiger partial charge in [0.05, 0.1) is 15.7 Å². The molecule has 0 aromatic heterocycles. The van der Waals surface area contributed by atoms with E-state index in [2.05, 4.69) is 0 Å². The first-order chi connectivity index (χ1) is 15.8. The van der Waals surface area contributed by atoms with Crippen molar-refractivity contribution in [3.8, 4) is 0 Å². The van der Waals surface area contributed by atoms with Crippen LogP contribution in [0.4, 0.5) is 64.1 Å². The van der Waals surface area contributed by atoms with E-state index in [0.717, 1.165) is 12.1 Å². The third-order valence-electron chi connectivity index (χ3n) is 4.47. The summed E-state index contributed by atoms with van der Waals surface area (Å²) in [7, 11) is 0. The second-order valence-electron chi connectivity index (χ2n) is 6.89. The average molecular weight is 587 g/mol. The van der Waals surface area contributed by atoms with Crippen LogP contribution < -0.4 is 11.5 Å². The number of benzene rings is 2. The molecule has 0 saturated carbocycles. The highest BCUT2D eigenvalue weighted by Crippen LogP contribution is 2.52. The van der Waals surface area contributed by atoms with Crippen molar-refractivity contribution in [2.24, 2.45) is 0 Å². The summed E-state index contributed by atoms with van der Waals surface area (Å²) in [6.45, 7) is 0. The molecule has 36 heavy (non-hydrogen) atoms. The van der Waals surface area contributed by atoms with Crippen molar-refractivity contribution in [2.45, 2.75) is 35.9 Å². The summed E-state index contributed by atoms with van der Waals surface area (Å²) in [6, 6.07) is 3.19. The zero-order chi connectivity index (χ0) is 28.7. The first-order valence-corrected chi connectivity index (χ1v) is 9.40. The molecule has 18 heteroatoms. The first-order valence-electron chi connectivity index (χ1n) is 8.65. The maximum Gasteiger partial charge on any atom is 0.430 e. The van der Waals surface area contributed by atoms with Crippen LogP contribution in [0.2, 0.25) is 10.0 Å². The van der Waals surface area contributed by atoms with E-state index < -0.39 is 62.8 Å². The maximum atomic E-state index is 12.6. The lowest BCUT2D eigenvalue weighted by atomic mass is 9.92. The first kappa shape index (κ1) is 31.7. The molecule has 0 radical (unpaired) electrons. The monoisotopic (exact) mass is 586 g/mol. The Morgan fingerprint density at radius 1 is 0.528 bits per heavy atom. The molecule has 0 atom stereocenters. The molecular weight excluding hydrogens is 575 g/mol. The molecule has 0 unspecified atom stereocenters. The van der Waals surface area contributed by atoms with Crippen LogP contribution in [0, 0.1) is 0 Å². The highest BCUT2D eigenvalue weighted by molar-refractivity contribution is 6.38. The Hall–Kier alpha value is -2.30. The smallest absolute Gasteiger partial charge is 0.399 e. The van der Waals surface area contributed by atoms with Crippen molar-refractivity contribution in [3.05, 3.63) is 57.6 Å². The van der Waals surface area contributed by atoms with Gasteiger partial charge in [0.25, 0.3) is 11.2 Å². The molecular formula is C18H12Cl2F12N2O2. The van der Waals surface area contributed by atoms with Crippen molar-refractivity contribution in [1.29, 1.82) is 0 Å². The van der Waals surface area contributed by atoms with Crippen LogP contribution >= 0.6 is 23.2 Å². The number of nitrogens with two attached hydrogens (primary N) is 2. The Balaban J connectivity index is 0.000000362. The van der Waals surface area contributed by atoms with Gasteiger partial charge in [0.2, 0.25) is 0 Å². The van der Waals surface area contributed by atoms with Gasteiger partial charge in [-0.05, 0) is 24.3 Å². The van der Waals surface area contributed by atoms with Gasteiger partial charge in [-0.1, -0.05) is 35.3 Å². The Labute approximate surface area is 203 Å². The van der Waals surface area contributed by atoms with E-state index in [-0.39, 0.29) is 17.8 Å². The van der Waals surface area contributed by atoms with Crippen LogP contribution in [0.3, 0.4) is 0 Å². The summed E-state index contributed by atoms with van der Waals surface area (Å²) in [4.78, 5) is 0. The van der Waals surface area contributed by atoms with Crippen molar-refractivity contribution in [1.82, 2.24) is 0 Å². The van der Waals surface area contributed by atoms with Crippen molar-refractivity contribution in [2.75, 3.05) is 11.5 Å². The number of rotatable bonds is 2. The zero-order valence-electron chi connectivity index (χ0n) is 16.8. The number of alkyl halides is 12. The topological polar surface area (TPSA) is 92.5 Å². The second-order valence-corrected chi connectivity index (χ2v) is 7.70. The summed E-state index contributed by atoms with van der Waals surface area (Å²) in [5.41, 5.74) is -2.92. The number of hydrogen-bond donors (Lipinski definition) is 4. The van der Waals surface area contributed by atoms with E-state index in [1.807, 2.05) is 0 Å². The SMILES string of the molecule is Nc1c(Cl)cc(C(O)(C(F)(F)F)C(F)(F)F)cc1Cl.Nc1ccc(C(O)(C(F)(F)F)C(F)(F)F)cc1. The van der Waals surface area contributed by atoms with Crippen LogP contribution in [0.25, 0.3) is 0 Å². The van der Waals surface area contributed by atoms with Crippen LogP contribution in [-0.4, -0.2) is 34.9 Å². The summed E-state index contributed by atoms with van der Waals surface area (Å²) in [6.07, 6.45) is -23.8. The van der Waals surface area contributed by atoms with Crippen LogP contribution in [0.1, 0.15) is 11.1 Å². The van der Waals surface area contributed by atoms with E-state index in [0.29, 0.717) is 12.1 Å². The maximum absolute atomic E-state index is 12.6. The fourth-order valence-corrected chi connectivity index (χ4v) is 2.98. The molecule has 2 aromatic rings. The van der Waals surface area contributed by atoms with E-state index in [1.54, 1.807) is 0 Å². The van der Waals surface area contributed by atoms with Crippen LogP contribution in [0.5, 0.6) is 0 Å². The minimum atomic E-state index is -6.01. The summed E-state index contributed by atoms with van der Waals surface area (Å²) in [5.74, 6) is 0. The van der Waals surface area contributed by atoms with E-state index in [4.69, 9.17) is 44.9 Å². The Morgan fingerprint density at radius 3 is 1.08 bits per heavy atom. The highest BCUT2D eigenvalue weighted by Gasteiger charge is 2.72. The van der Waals surface area contributed by atoms with E-state index in [9.17, 15) is 52.7 Å². The molecule has 2 aromatic carbocycles. The molecule has 6 N–H and O–H groups in total. The minimum absolute atomic E-state index is 0.0135. The van der Waals surface area contributed by atoms with Gasteiger partial charge in [0, 0.05) is 16.8 Å². The summed E-state index contributed by atoms with van der Waals surface area (Å²) in [5, 5.41) is 16.8. The third-order valence-corrected chi connectivity index (χ3v) is 5.09. The fourth-order valence-electron chi connectivity index (χ4n) is 2.49. The molecule has 0 bridgehead atoms. The predicted octanol–water partition coefficient (Wildman–Crippen LogP) is 6.47. The molecule has 2 rings (SSSR count). The largest absolute Gasteiger partial charge is 0.430 e. The predicted molar refractivity (Wildman–Crippen MR) is 104 cm³/mol. The number of nitrogen functional groups attached to an aromatic ring is 2. The van der Waals surface area contributed by atoms with Crippen molar-refractivity contribution in [3.63, 3.8) is 0 Å². The van der Waals surface area contributed by atoms with Gasteiger partial charge in [-0.15, -0.1) is 0 Å². The molecule has 0 aliphatic rings. The van der Waals surface area contributed by atoms with Gasteiger partial charge in [-0.25, -0.2) is 0 Å². The number of anilines is 2. The van der Waals surface area contributed by atoms with Gasteiger partial charge in [0.15, 0.2) is 0 Å². The Morgan fingerprint density at radius 2 is 0.806 bits per heavy atom. The van der Waals surface area contributed by atoms with Crippen molar-refractivity contribution < 1.29 is 62.9 Å². The van der Waals surface area contributed by atoms with Gasteiger partial charge >= 0.3 is 24.7 Å². The fraction of sp³-hybridized carbons (Fsp3) is 0.333. The normalized spacial score (nSPS) is 13.8. The average Bonchev–Trinajstić information content (AvgIpc) is 2.68. The van der Waals surface area contributed by atoms with Gasteiger partial charge in [-0.2, -0.15) is 52.7 Å². The number of halogens is 14. The third kappa shape index (κ3) is 5.81. The number of aliphatic hydroxyl groups is 2. The lowest BCUT2D eigenvalue weighted by molar-refractivity contribution is -0.376. The zero-order valence-corrected chi connectivity index (χ0v) is 18.3. The number of hydrogen-bond acceptors (Lipinski definition) is 4. The quantitative estimate of drug-likeness (QED) is 0.240. The lowest BCUT2D eigenvalue weighted by Crippen LogP contribution is -2.53. The molecule has 0 saturated heterocycles. The van der Waals surface area contributed by atoms with E-state index in [1.165, 1.54) is 0 Å². The Kier molecular flexibility index (Phi) is 8.70. The second kappa shape index (κ2) is 9.87. The lowest BCUT2D eigenvalue weighted by Gasteiger charge is -2.33. The molecule has 0 fully saturated rings. The highest BCUT2D eigenvalue weighted by atomic mass is 35.5. The standard InChI is InChI=1S/C9H5Cl2F6NO.C9H7F6NO/c10-4-1-3(2-5(11)6(4)18)7(19,8(12,13)14)9(15,16)17;10-8(11,12)7(17,9(13,14)15)5-1-3-6(16)4-2-5/h1-2,19H,18H2;1-4,17H,16H2. The van der Waals surface area contributed by atoms with Crippen LogP contribution in [0.15, 0.2) is 36.4 Å². The molecule has 0 aliphatic carbocycles. The van der Waals surface area contributed by atoms with E-state index >= 15 is 0 Å². The molecule has 0 amide bonds. The molecule has 0 aliphatic heterocycles. The molecule has 0 spiro atoms. The molecule has 0 heterocycles. The van der Waals surface area contributed by atoms with Gasteiger partial charge in [-0.3, -0.25) is 0 Å². The van der Waals surface area contributed by atoms with Crippen molar-refractivity contribution >= 4 is 34.6 Å². The molecule has 204 valence electrons.